The van der Waals surface area contributed by atoms with E-state index in [-0.39, 0.29) is 0 Å². The minimum absolute atomic E-state index is 0.488. The molecule has 0 aliphatic heterocycles. The van der Waals surface area contributed by atoms with Crippen LogP contribution < -0.4 is 5.32 Å². The van der Waals surface area contributed by atoms with Crippen LogP contribution >= 0.6 is 23.2 Å². The number of hydrogen-bond acceptors (Lipinski definition) is 2. The highest BCUT2D eigenvalue weighted by atomic mass is 35.5. The quantitative estimate of drug-likeness (QED) is 0.871. The Hall–Kier alpha value is -0.280. The van der Waals surface area contributed by atoms with Crippen LogP contribution in [0.5, 0.6) is 0 Å². The highest BCUT2D eigenvalue weighted by Gasteiger charge is 2.18. The van der Waals surface area contributed by atoms with E-state index in [9.17, 15) is 5.11 Å². The van der Waals surface area contributed by atoms with Gasteiger partial charge in [-0.1, -0.05) is 35.7 Å². The molecule has 1 aromatic rings. The first-order valence-electron chi connectivity index (χ1n) is 5.53. The lowest BCUT2D eigenvalue weighted by atomic mass is 9.93. The van der Waals surface area contributed by atoms with Crippen molar-refractivity contribution in [1.82, 2.24) is 5.32 Å². The van der Waals surface area contributed by atoms with Gasteiger partial charge in [0.05, 0.1) is 16.1 Å². The fourth-order valence-electron chi connectivity index (χ4n) is 1.73. The molecule has 0 saturated heterocycles. The minimum Gasteiger partial charge on any atom is -0.387 e. The van der Waals surface area contributed by atoms with E-state index in [2.05, 4.69) is 5.32 Å². The van der Waals surface area contributed by atoms with Crippen molar-refractivity contribution in [1.29, 1.82) is 0 Å². The van der Waals surface area contributed by atoms with E-state index in [1.54, 1.807) is 18.2 Å². The Morgan fingerprint density at radius 1 is 1.31 bits per heavy atom. The van der Waals surface area contributed by atoms with Crippen LogP contribution in [0.3, 0.4) is 0 Å². The zero-order valence-corrected chi connectivity index (χ0v) is 10.4. The second-order valence-electron chi connectivity index (χ2n) is 4.23. The van der Waals surface area contributed by atoms with Gasteiger partial charge in [0.2, 0.25) is 0 Å². The summed E-state index contributed by atoms with van der Waals surface area (Å²) in [6.45, 7) is 0.572. The van der Waals surface area contributed by atoms with Gasteiger partial charge in [-0.3, -0.25) is 0 Å². The van der Waals surface area contributed by atoms with Crippen LogP contribution in [-0.2, 0) is 0 Å². The molecule has 16 heavy (non-hydrogen) atoms. The molecular formula is C12H15Cl2NO. The van der Waals surface area contributed by atoms with Crippen molar-refractivity contribution in [3.05, 3.63) is 33.8 Å². The van der Waals surface area contributed by atoms with Crippen molar-refractivity contribution in [2.45, 2.75) is 31.4 Å². The molecule has 0 aromatic heterocycles. The summed E-state index contributed by atoms with van der Waals surface area (Å²) in [7, 11) is 0. The monoisotopic (exact) mass is 259 g/mol. The molecule has 1 atom stereocenters. The van der Waals surface area contributed by atoms with Crippen LogP contribution in [0.25, 0.3) is 0 Å². The molecule has 2 rings (SSSR count). The smallest absolute Gasteiger partial charge is 0.0915 e. The molecule has 0 unspecified atom stereocenters. The van der Waals surface area contributed by atoms with Crippen LogP contribution in [0.15, 0.2) is 18.2 Å². The number of halogens is 2. The Balaban J connectivity index is 1.91. The third-order valence-electron chi connectivity index (χ3n) is 3.03. The number of aliphatic hydroxyl groups is 1. The predicted octanol–water partition coefficient (Wildman–Crippen LogP) is 3.17. The standard InChI is InChI=1S/C12H15Cl2NO/c13-10-5-4-8(6-11(10)14)12(16)7-15-9-2-1-3-9/h4-6,9,12,15-16H,1-3,7H2/t12-/m1/s1. The van der Waals surface area contributed by atoms with Gasteiger partial charge in [-0.15, -0.1) is 0 Å². The Kier molecular flexibility index (Phi) is 4.09. The molecule has 0 amide bonds. The lowest BCUT2D eigenvalue weighted by Crippen LogP contribution is -2.37. The summed E-state index contributed by atoms with van der Waals surface area (Å²) in [5.41, 5.74) is 0.807. The molecule has 4 heteroatoms. The predicted molar refractivity (Wildman–Crippen MR) is 67.1 cm³/mol. The van der Waals surface area contributed by atoms with Crippen molar-refractivity contribution >= 4 is 23.2 Å². The van der Waals surface area contributed by atoms with Gasteiger partial charge in [0.15, 0.2) is 0 Å². The van der Waals surface area contributed by atoms with Crippen LogP contribution in [0.1, 0.15) is 30.9 Å². The number of hydrogen-bond donors (Lipinski definition) is 2. The van der Waals surface area contributed by atoms with Gasteiger partial charge in [-0.25, -0.2) is 0 Å². The van der Waals surface area contributed by atoms with E-state index in [0.29, 0.717) is 22.6 Å². The summed E-state index contributed by atoms with van der Waals surface area (Å²) in [6.07, 6.45) is 3.21. The van der Waals surface area contributed by atoms with Gasteiger partial charge in [-0.2, -0.15) is 0 Å². The second kappa shape index (κ2) is 5.37. The maximum absolute atomic E-state index is 9.94. The fraction of sp³-hybridized carbons (Fsp3) is 0.500. The Bertz CT molecular complexity index is 366. The number of benzene rings is 1. The summed E-state index contributed by atoms with van der Waals surface area (Å²) in [6, 6.07) is 5.82. The first-order valence-corrected chi connectivity index (χ1v) is 6.29. The minimum atomic E-state index is -0.518. The highest BCUT2D eigenvalue weighted by Crippen LogP contribution is 2.26. The van der Waals surface area contributed by atoms with Crippen molar-refractivity contribution in [2.75, 3.05) is 6.54 Å². The first kappa shape index (κ1) is 12.2. The van der Waals surface area contributed by atoms with Gasteiger partial charge in [0, 0.05) is 12.6 Å². The maximum atomic E-state index is 9.94. The largest absolute Gasteiger partial charge is 0.387 e. The van der Waals surface area contributed by atoms with Crippen LogP contribution in [0, 0.1) is 0 Å². The van der Waals surface area contributed by atoms with Gasteiger partial charge in [-0.05, 0) is 30.5 Å². The summed E-state index contributed by atoms with van der Waals surface area (Å²) in [5, 5.41) is 14.3. The van der Waals surface area contributed by atoms with E-state index >= 15 is 0 Å². The number of aliphatic hydroxyl groups excluding tert-OH is 1. The molecule has 0 spiro atoms. The summed E-state index contributed by atoms with van der Waals surface area (Å²) < 4.78 is 0. The Morgan fingerprint density at radius 3 is 2.62 bits per heavy atom. The molecule has 0 heterocycles. The van der Waals surface area contributed by atoms with Crippen LogP contribution in [0.2, 0.25) is 10.0 Å². The lowest BCUT2D eigenvalue weighted by molar-refractivity contribution is 0.161. The first-order chi connectivity index (χ1) is 7.66. The summed E-state index contributed by atoms with van der Waals surface area (Å²) >= 11 is 11.7. The van der Waals surface area contributed by atoms with E-state index in [4.69, 9.17) is 23.2 Å². The topological polar surface area (TPSA) is 32.3 Å². The maximum Gasteiger partial charge on any atom is 0.0915 e. The molecule has 1 fully saturated rings. The zero-order valence-electron chi connectivity index (χ0n) is 8.92. The Labute approximate surface area is 106 Å². The lowest BCUT2D eigenvalue weighted by Gasteiger charge is -2.27. The number of nitrogens with one attached hydrogen (secondary N) is 1. The van der Waals surface area contributed by atoms with Gasteiger partial charge < -0.3 is 10.4 Å². The molecule has 0 radical (unpaired) electrons. The van der Waals surface area contributed by atoms with Crippen LogP contribution in [-0.4, -0.2) is 17.7 Å². The normalized spacial score (nSPS) is 18.2. The average Bonchev–Trinajstić information content (AvgIpc) is 2.19. The molecule has 0 bridgehead atoms. The molecule has 1 aliphatic carbocycles. The zero-order chi connectivity index (χ0) is 11.5. The van der Waals surface area contributed by atoms with Crippen molar-refractivity contribution in [3.8, 4) is 0 Å². The van der Waals surface area contributed by atoms with E-state index < -0.39 is 6.10 Å². The van der Waals surface area contributed by atoms with Crippen molar-refractivity contribution in [2.24, 2.45) is 0 Å². The molecule has 1 aliphatic rings. The van der Waals surface area contributed by atoms with E-state index in [1.165, 1.54) is 19.3 Å². The highest BCUT2D eigenvalue weighted by molar-refractivity contribution is 6.42. The van der Waals surface area contributed by atoms with Crippen molar-refractivity contribution in [3.63, 3.8) is 0 Å². The van der Waals surface area contributed by atoms with Gasteiger partial charge >= 0.3 is 0 Å². The van der Waals surface area contributed by atoms with Gasteiger partial charge in [0.1, 0.15) is 0 Å². The average molecular weight is 260 g/mol. The van der Waals surface area contributed by atoms with E-state index in [1.807, 2.05) is 0 Å². The van der Waals surface area contributed by atoms with Crippen molar-refractivity contribution < 1.29 is 5.11 Å². The summed E-state index contributed by atoms with van der Waals surface area (Å²) in [5.74, 6) is 0. The van der Waals surface area contributed by atoms with Crippen LogP contribution in [0.4, 0.5) is 0 Å². The fourth-order valence-corrected chi connectivity index (χ4v) is 2.03. The molecule has 88 valence electrons. The molecule has 1 saturated carbocycles. The molecule has 2 nitrogen and oxygen atoms in total. The molecule has 2 N–H and O–H groups in total. The van der Waals surface area contributed by atoms with E-state index in [0.717, 1.165) is 5.56 Å². The third-order valence-corrected chi connectivity index (χ3v) is 3.77. The SMILES string of the molecule is O[C@H](CNC1CCC1)c1ccc(Cl)c(Cl)c1. The number of rotatable bonds is 4. The molecular weight excluding hydrogens is 245 g/mol. The van der Waals surface area contributed by atoms with Gasteiger partial charge in [0.25, 0.3) is 0 Å². The molecule has 1 aromatic carbocycles. The summed E-state index contributed by atoms with van der Waals surface area (Å²) in [4.78, 5) is 0. The second-order valence-corrected chi connectivity index (χ2v) is 5.04. The Morgan fingerprint density at radius 2 is 2.06 bits per heavy atom. The third kappa shape index (κ3) is 2.89.